The van der Waals surface area contributed by atoms with E-state index in [4.69, 9.17) is 10.5 Å². The molecule has 0 rings (SSSR count). The fourth-order valence-electron chi connectivity index (χ4n) is 1.43. The molecule has 3 nitrogen and oxygen atoms in total. The third-order valence-electron chi connectivity index (χ3n) is 2.02. The van der Waals surface area contributed by atoms with Crippen LogP contribution < -0.4 is 5.73 Å². The van der Waals surface area contributed by atoms with Gasteiger partial charge in [-0.05, 0) is 25.7 Å². The first-order valence-electron chi connectivity index (χ1n) is 5.43. The number of nitrogens with two attached hydrogens (primary N) is 1. The maximum absolute atomic E-state index is 11.4. The molecule has 0 aliphatic heterocycles. The SMILES string of the molecule is CCC[C@H](N)C(=O)OC(C)CC(C)C. The second kappa shape index (κ2) is 6.82. The molecule has 0 bridgehead atoms. The summed E-state index contributed by atoms with van der Waals surface area (Å²) in [6.07, 6.45) is 2.48. The van der Waals surface area contributed by atoms with Gasteiger partial charge in [-0.2, -0.15) is 0 Å². The largest absolute Gasteiger partial charge is 0.462 e. The zero-order valence-electron chi connectivity index (χ0n) is 9.75. The van der Waals surface area contributed by atoms with Gasteiger partial charge >= 0.3 is 5.97 Å². The molecule has 0 aromatic rings. The lowest BCUT2D eigenvalue weighted by Crippen LogP contribution is -2.34. The van der Waals surface area contributed by atoms with Crippen LogP contribution in [0.2, 0.25) is 0 Å². The second-order valence-electron chi connectivity index (χ2n) is 4.27. The zero-order chi connectivity index (χ0) is 11.1. The van der Waals surface area contributed by atoms with E-state index < -0.39 is 6.04 Å². The van der Waals surface area contributed by atoms with Crippen molar-refractivity contribution in [3.63, 3.8) is 0 Å². The fraction of sp³-hybridized carbons (Fsp3) is 0.909. The molecule has 0 aromatic carbocycles. The highest BCUT2D eigenvalue weighted by Gasteiger charge is 2.17. The molecule has 14 heavy (non-hydrogen) atoms. The Morgan fingerprint density at radius 3 is 2.36 bits per heavy atom. The second-order valence-corrected chi connectivity index (χ2v) is 4.27. The van der Waals surface area contributed by atoms with Crippen LogP contribution in [0, 0.1) is 5.92 Å². The van der Waals surface area contributed by atoms with E-state index in [9.17, 15) is 4.79 Å². The Bertz CT molecular complexity index is 169. The molecule has 0 aliphatic rings. The third-order valence-corrected chi connectivity index (χ3v) is 2.02. The maximum Gasteiger partial charge on any atom is 0.323 e. The molecule has 0 saturated heterocycles. The van der Waals surface area contributed by atoms with Gasteiger partial charge in [-0.1, -0.05) is 27.2 Å². The van der Waals surface area contributed by atoms with Gasteiger partial charge in [-0.25, -0.2) is 0 Å². The molecule has 3 heteroatoms. The number of hydrogen-bond acceptors (Lipinski definition) is 3. The van der Waals surface area contributed by atoms with Crippen LogP contribution in [-0.4, -0.2) is 18.1 Å². The average Bonchev–Trinajstić information content (AvgIpc) is 2.02. The minimum absolute atomic E-state index is 0.0228. The number of carbonyl (C=O) groups is 1. The number of hydrogen-bond donors (Lipinski definition) is 1. The highest BCUT2D eigenvalue weighted by atomic mass is 16.5. The molecule has 0 aromatic heterocycles. The molecule has 0 aliphatic carbocycles. The summed E-state index contributed by atoms with van der Waals surface area (Å²) in [6, 6.07) is -0.449. The first kappa shape index (κ1) is 13.4. The normalized spacial score (nSPS) is 15.3. The predicted molar refractivity (Wildman–Crippen MR) is 57.9 cm³/mol. The highest BCUT2D eigenvalue weighted by Crippen LogP contribution is 2.09. The van der Waals surface area contributed by atoms with Crippen LogP contribution >= 0.6 is 0 Å². The highest BCUT2D eigenvalue weighted by molar-refractivity contribution is 5.75. The number of rotatable bonds is 6. The van der Waals surface area contributed by atoms with Crippen LogP contribution in [0.4, 0.5) is 0 Å². The molecular weight excluding hydrogens is 178 g/mol. The summed E-state index contributed by atoms with van der Waals surface area (Å²) < 4.78 is 5.21. The predicted octanol–water partition coefficient (Wildman–Crippen LogP) is 2.09. The van der Waals surface area contributed by atoms with E-state index in [1.165, 1.54) is 0 Å². The van der Waals surface area contributed by atoms with Crippen LogP contribution in [0.5, 0.6) is 0 Å². The van der Waals surface area contributed by atoms with Crippen LogP contribution in [0.1, 0.15) is 47.0 Å². The average molecular weight is 201 g/mol. The Hall–Kier alpha value is -0.570. The van der Waals surface area contributed by atoms with Crippen molar-refractivity contribution in [2.75, 3.05) is 0 Å². The molecule has 2 N–H and O–H groups in total. The van der Waals surface area contributed by atoms with Gasteiger partial charge in [0.15, 0.2) is 0 Å². The maximum atomic E-state index is 11.4. The minimum atomic E-state index is -0.449. The lowest BCUT2D eigenvalue weighted by molar-refractivity contribution is -0.150. The van der Waals surface area contributed by atoms with Gasteiger partial charge < -0.3 is 10.5 Å². The topological polar surface area (TPSA) is 52.3 Å². The lowest BCUT2D eigenvalue weighted by atomic mass is 10.1. The van der Waals surface area contributed by atoms with Crippen molar-refractivity contribution in [2.24, 2.45) is 11.7 Å². The van der Waals surface area contributed by atoms with Crippen molar-refractivity contribution >= 4 is 5.97 Å². The molecule has 2 atom stereocenters. The third kappa shape index (κ3) is 5.97. The number of esters is 1. The molecule has 0 fully saturated rings. The Labute approximate surface area is 87.0 Å². The molecule has 0 saturated carbocycles. The van der Waals surface area contributed by atoms with Crippen molar-refractivity contribution in [1.29, 1.82) is 0 Å². The van der Waals surface area contributed by atoms with E-state index in [0.29, 0.717) is 12.3 Å². The van der Waals surface area contributed by atoms with Crippen LogP contribution in [-0.2, 0) is 9.53 Å². The lowest BCUT2D eigenvalue weighted by Gasteiger charge is -2.17. The quantitative estimate of drug-likeness (QED) is 0.669. The summed E-state index contributed by atoms with van der Waals surface area (Å²) >= 11 is 0. The molecule has 0 amide bonds. The van der Waals surface area contributed by atoms with E-state index in [2.05, 4.69) is 13.8 Å². The Kier molecular flexibility index (Phi) is 6.54. The molecule has 1 unspecified atom stereocenters. The Balaban J connectivity index is 3.80. The fourth-order valence-corrected chi connectivity index (χ4v) is 1.43. The van der Waals surface area contributed by atoms with Crippen molar-refractivity contribution in [3.8, 4) is 0 Å². The van der Waals surface area contributed by atoms with Crippen LogP contribution in [0.25, 0.3) is 0 Å². The Morgan fingerprint density at radius 1 is 1.36 bits per heavy atom. The van der Waals surface area contributed by atoms with E-state index in [0.717, 1.165) is 12.8 Å². The van der Waals surface area contributed by atoms with E-state index >= 15 is 0 Å². The van der Waals surface area contributed by atoms with Crippen molar-refractivity contribution in [1.82, 2.24) is 0 Å². The summed E-state index contributed by atoms with van der Waals surface area (Å²) in [6.45, 7) is 8.13. The van der Waals surface area contributed by atoms with Crippen molar-refractivity contribution in [3.05, 3.63) is 0 Å². The van der Waals surface area contributed by atoms with Crippen LogP contribution in [0.3, 0.4) is 0 Å². The summed E-state index contributed by atoms with van der Waals surface area (Å²) in [4.78, 5) is 11.4. The van der Waals surface area contributed by atoms with E-state index in [1.807, 2.05) is 13.8 Å². The van der Waals surface area contributed by atoms with Gasteiger partial charge in [-0.3, -0.25) is 4.79 Å². The van der Waals surface area contributed by atoms with Crippen molar-refractivity contribution in [2.45, 2.75) is 59.1 Å². The first-order valence-corrected chi connectivity index (χ1v) is 5.43. The van der Waals surface area contributed by atoms with Crippen molar-refractivity contribution < 1.29 is 9.53 Å². The standard InChI is InChI=1S/C11H23NO2/c1-5-6-10(12)11(13)14-9(4)7-8(2)3/h8-10H,5-7,12H2,1-4H3/t9?,10-/m0/s1. The van der Waals surface area contributed by atoms with Gasteiger partial charge in [0, 0.05) is 0 Å². The summed E-state index contributed by atoms with van der Waals surface area (Å²) in [5, 5.41) is 0. The smallest absolute Gasteiger partial charge is 0.323 e. The zero-order valence-corrected chi connectivity index (χ0v) is 9.75. The summed E-state index contributed by atoms with van der Waals surface area (Å²) in [5.74, 6) is 0.278. The van der Waals surface area contributed by atoms with Gasteiger partial charge in [0.05, 0.1) is 6.10 Å². The molecule has 84 valence electrons. The van der Waals surface area contributed by atoms with Gasteiger partial charge in [-0.15, -0.1) is 0 Å². The summed E-state index contributed by atoms with van der Waals surface area (Å²) in [7, 11) is 0. The number of carbonyl (C=O) groups excluding carboxylic acids is 1. The summed E-state index contributed by atoms with van der Waals surface area (Å²) in [5.41, 5.74) is 5.63. The van der Waals surface area contributed by atoms with Gasteiger partial charge in [0.25, 0.3) is 0 Å². The molecule has 0 radical (unpaired) electrons. The van der Waals surface area contributed by atoms with Gasteiger partial charge in [0.2, 0.25) is 0 Å². The minimum Gasteiger partial charge on any atom is -0.462 e. The Morgan fingerprint density at radius 2 is 1.93 bits per heavy atom. The van der Waals surface area contributed by atoms with Crippen LogP contribution in [0.15, 0.2) is 0 Å². The molecular formula is C11H23NO2. The molecule has 0 heterocycles. The van der Waals surface area contributed by atoms with E-state index in [1.54, 1.807) is 0 Å². The number of ether oxygens (including phenoxy) is 1. The first-order chi connectivity index (χ1) is 6.47. The molecule has 0 spiro atoms. The van der Waals surface area contributed by atoms with Gasteiger partial charge in [0.1, 0.15) is 6.04 Å². The van der Waals surface area contributed by atoms with E-state index in [-0.39, 0.29) is 12.1 Å². The monoisotopic (exact) mass is 201 g/mol.